The first-order valence-corrected chi connectivity index (χ1v) is 9.11. The zero-order valence-corrected chi connectivity index (χ0v) is 16.3. The van der Waals surface area contributed by atoms with Crippen LogP contribution in [0.4, 0.5) is 0 Å². The molecule has 4 aromatic rings. The first-order valence-electron chi connectivity index (χ1n) is 9.11. The Morgan fingerprint density at radius 1 is 1.10 bits per heavy atom. The van der Waals surface area contributed by atoms with Crippen molar-refractivity contribution in [2.24, 2.45) is 0 Å². The molecule has 8 heteroatoms. The lowest BCUT2D eigenvalue weighted by Gasteiger charge is -2.13. The summed E-state index contributed by atoms with van der Waals surface area (Å²) in [7, 11) is 1.50. The summed E-state index contributed by atoms with van der Waals surface area (Å²) in [4.78, 5) is 29.2. The molecular weight excluding hydrogens is 372 g/mol. The van der Waals surface area contributed by atoms with Gasteiger partial charge in [-0.25, -0.2) is 4.98 Å². The molecule has 0 saturated heterocycles. The quantitative estimate of drug-likeness (QED) is 0.502. The highest BCUT2D eigenvalue weighted by molar-refractivity contribution is 6.04. The molecular formula is C21H20N4O4. The van der Waals surface area contributed by atoms with E-state index >= 15 is 0 Å². The fraction of sp³-hybridized carbons (Fsp3) is 0.238. The van der Waals surface area contributed by atoms with E-state index in [1.807, 2.05) is 26.0 Å². The SMILES string of the molecule is COc1cc2[nH]ccnc2c2nc(-c3cc(C)c(OCCO)c(C)c3)nc(=O)c12. The Bertz CT molecular complexity index is 1260. The van der Waals surface area contributed by atoms with Crippen LogP contribution in [0, 0.1) is 13.8 Å². The lowest BCUT2D eigenvalue weighted by atomic mass is 10.0. The molecule has 0 unspecified atom stereocenters. The Hall–Kier alpha value is -3.52. The summed E-state index contributed by atoms with van der Waals surface area (Å²) in [5, 5.41) is 9.30. The highest BCUT2D eigenvalue weighted by atomic mass is 16.5. The Morgan fingerprint density at radius 2 is 1.86 bits per heavy atom. The van der Waals surface area contributed by atoms with Crippen molar-refractivity contribution in [1.82, 2.24) is 19.9 Å². The lowest BCUT2D eigenvalue weighted by molar-refractivity contribution is 0.200. The molecule has 2 heterocycles. The van der Waals surface area contributed by atoms with E-state index in [4.69, 9.17) is 14.6 Å². The molecule has 2 aromatic carbocycles. The maximum Gasteiger partial charge on any atom is 0.285 e. The summed E-state index contributed by atoms with van der Waals surface area (Å²) >= 11 is 0. The highest BCUT2D eigenvalue weighted by Gasteiger charge is 2.17. The van der Waals surface area contributed by atoms with Gasteiger partial charge in [0.1, 0.15) is 34.5 Å². The molecule has 0 aliphatic rings. The fourth-order valence-corrected chi connectivity index (χ4v) is 3.46. The van der Waals surface area contributed by atoms with Gasteiger partial charge >= 0.3 is 0 Å². The number of aryl methyl sites for hydroxylation is 2. The van der Waals surface area contributed by atoms with Gasteiger partial charge in [-0.1, -0.05) is 0 Å². The van der Waals surface area contributed by atoms with Crippen LogP contribution in [0.1, 0.15) is 11.1 Å². The second-order valence-corrected chi connectivity index (χ2v) is 6.65. The number of benzene rings is 2. The van der Waals surface area contributed by atoms with Crippen LogP contribution in [-0.2, 0) is 0 Å². The van der Waals surface area contributed by atoms with Crippen molar-refractivity contribution in [3.05, 3.63) is 52.1 Å². The van der Waals surface area contributed by atoms with Gasteiger partial charge in [-0.2, -0.15) is 4.98 Å². The molecule has 0 aliphatic heterocycles. The van der Waals surface area contributed by atoms with Gasteiger partial charge in [0.2, 0.25) is 0 Å². The van der Waals surface area contributed by atoms with E-state index in [1.165, 1.54) is 7.11 Å². The average molecular weight is 392 g/mol. The van der Waals surface area contributed by atoms with E-state index in [9.17, 15) is 4.79 Å². The van der Waals surface area contributed by atoms with E-state index in [-0.39, 0.29) is 13.2 Å². The smallest absolute Gasteiger partial charge is 0.285 e. The molecule has 2 N–H and O–H groups in total. The van der Waals surface area contributed by atoms with Crippen LogP contribution in [0.3, 0.4) is 0 Å². The topological polar surface area (TPSA) is 110 Å². The number of methoxy groups -OCH3 is 1. The van der Waals surface area contributed by atoms with Gasteiger partial charge in [-0.3, -0.25) is 9.78 Å². The molecule has 29 heavy (non-hydrogen) atoms. The van der Waals surface area contributed by atoms with Crippen molar-refractivity contribution >= 4 is 21.9 Å². The molecule has 0 bridgehead atoms. The van der Waals surface area contributed by atoms with Crippen molar-refractivity contribution in [2.45, 2.75) is 13.8 Å². The summed E-state index contributed by atoms with van der Waals surface area (Å²) in [6, 6.07) is 5.45. The van der Waals surface area contributed by atoms with Gasteiger partial charge in [0.25, 0.3) is 5.56 Å². The monoisotopic (exact) mass is 392 g/mol. The number of H-pyrrole nitrogens is 1. The van der Waals surface area contributed by atoms with Crippen LogP contribution in [-0.4, -0.2) is 45.4 Å². The molecule has 8 nitrogen and oxygen atoms in total. The number of nitrogens with zero attached hydrogens (tertiary/aromatic N) is 3. The minimum Gasteiger partial charge on any atom is -0.496 e. The van der Waals surface area contributed by atoms with Crippen LogP contribution in [0.5, 0.6) is 11.5 Å². The minimum atomic E-state index is -0.426. The van der Waals surface area contributed by atoms with Crippen LogP contribution in [0.25, 0.3) is 33.3 Å². The number of hydrogen-bond donors (Lipinski definition) is 2. The molecule has 0 atom stereocenters. The number of aliphatic hydroxyl groups is 1. The number of fused-ring (bicyclic) bond motifs is 3. The van der Waals surface area contributed by atoms with Crippen molar-refractivity contribution in [2.75, 3.05) is 20.3 Å². The Labute approximate surface area is 166 Å². The number of ether oxygens (including phenoxy) is 2. The highest BCUT2D eigenvalue weighted by Crippen LogP contribution is 2.31. The van der Waals surface area contributed by atoms with Crippen molar-refractivity contribution in [3.63, 3.8) is 0 Å². The molecule has 4 rings (SSSR count). The number of aromatic nitrogens is 4. The van der Waals surface area contributed by atoms with Crippen LogP contribution < -0.4 is 15.0 Å². The van der Waals surface area contributed by atoms with Gasteiger partial charge < -0.3 is 19.6 Å². The Balaban J connectivity index is 1.96. The summed E-state index contributed by atoms with van der Waals surface area (Å²) in [6.07, 6.45) is 3.31. The van der Waals surface area contributed by atoms with Crippen molar-refractivity contribution < 1.29 is 14.6 Å². The predicted molar refractivity (Wildman–Crippen MR) is 110 cm³/mol. The Kier molecular flexibility index (Phi) is 4.85. The number of aromatic amines is 1. The molecule has 0 radical (unpaired) electrons. The molecule has 0 spiro atoms. The molecule has 0 fully saturated rings. The molecule has 0 aliphatic carbocycles. The first-order chi connectivity index (χ1) is 14.0. The number of nitrogens with one attached hydrogen (secondary N) is 1. The van der Waals surface area contributed by atoms with E-state index in [0.29, 0.717) is 44.8 Å². The van der Waals surface area contributed by atoms with E-state index < -0.39 is 5.56 Å². The molecule has 148 valence electrons. The van der Waals surface area contributed by atoms with Crippen LogP contribution >= 0.6 is 0 Å². The number of hydrogen-bond acceptors (Lipinski definition) is 7. The lowest BCUT2D eigenvalue weighted by Crippen LogP contribution is -2.12. The largest absolute Gasteiger partial charge is 0.496 e. The predicted octanol–water partition coefficient (Wildman–Crippen LogP) is 2.53. The minimum absolute atomic E-state index is 0.0626. The van der Waals surface area contributed by atoms with Gasteiger partial charge in [-0.05, 0) is 37.1 Å². The van der Waals surface area contributed by atoms with Crippen LogP contribution in [0.2, 0.25) is 0 Å². The second-order valence-electron chi connectivity index (χ2n) is 6.65. The van der Waals surface area contributed by atoms with E-state index in [0.717, 1.165) is 11.1 Å². The average Bonchev–Trinajstić information content (AvgIpc) is 2.72. The van der Waals surface area contributed by atoms with Gasteiger partial charge in [0.05, 0.1) is 19.2 Å². The van der Waals surface area contributed by atoms with Gasteiger partial charge in [-0.15, -0.1) is 0 Å². The second kappa shape index (κ2) is 7.48. The van der Waals surface area contributed by atoms with Crippen molar-refractivity contribution in [1.29, 1.82) is 0 Å². The van der Waals surface area contributed by atoms with Gasteiger partial charge in [0.15, 0.2) is 5.82 Å². The van der Waals surface area contributed by atoms with Gasteiger partial charge in [0, 0.05) is 24.0 Å². The third-order valence-corrected chi connectivity index (χ3v) is 4.67. The number of rotatable bonds is 5. The Morgan fingerprint density at radius 3 is 2.55 bits per heavy atom. The molecule has 2 aromatic heterocycles. The first kappa shape index (κ1) is 18.8. The maximum atomic E-state index is 12.9. The zero-order valence-electron chi connectivity index (χ0n) is 16.3. The van der Waals surface area contributed by atoms with E-state index in [1.54, 1.807) is 18.5 Å². The maximum absolute atomic E-state index is 12.9. The molecule has 0 amide bonds. The summed E-state index contributed by atoms with van der Waals surface area (Å²) < 4.78 is 11.0. The van der Waals surface area contributed by atoms with E-state index in [2.05, 4.69) is 19.9 Å². The number of aliphatic hydroxyl groups excluding tert-OH is 1. The standard InChI is InChI=1S/C21H20N4O4/c1-11-8-13(9-12(2)19(11)29-7-6-26)20-24-18-16(21(27)25-20)15(28-3)10-14-17(18)23-5-4-22-14/h4-5,8-10,22,26H,6-7H2,1-3H3. The third kappa shape index (κ3) is 3.27. The third-order valence-electron chi connectivity index (χ3n) is 4.67. The fourth-order valence-electron chi connectivity index (χ4n) is 3.46. The summed E-state index contributed by atoms with van der Waals surface area (Å²) in [6.45, 7) is 3.95. The van der Waals surface area contributed by atoms with Crippen LogP contribution in [0.15, 0.2) is 35.4 Å². The van der Waals surface area contributed by atoms with Crippen molar-refractivity contribution in [3.8, 4) is 22.9 Å². The summed E-state index contributed by atoms with van der Waals surface area (Å²) in [5.41, 5.74) is 3.72. The summed E-state index contributed by atoms with van der Waals surface area (Å²) in [5.74, 6) is 1.41. The zero-order chi connectivity index (χ0) is 20.5. The normalized spacial score (nSPS) is 11.2. The molecule has 0 saturated carbocycles.